The summed E-state index contributed by atoms with van der Waals surface area (Å²) in [4.78, 5) is 13.9. The molecule has 1 aromatic rings. The van der Waals surface area contributed by atoms with Crippen LogP contribution in [-0.2, 0) is 0 Å². The number of benzene rings is 1. The Morgan fingerprint density at radius 3 is 2.65 bits per heavy atom. The Kier molecular flexibility index (Phi) is 4.07. The molecule has 1 aromatic carbocycles. The zero-order chi connectivity index (χ0) is 12.4. The van der Waals surface area contributed by atoms with E-state index in [1.165, 1.54) is 0 Å². The largest absolute Gasteiger partial charge is 0.393 e. The van der Waals surface area contributed by atoms with Gasteiger partial charge in [-0.3, -0.25) is 4.79 Å². The van der Waals surface area contributed by atoms with Crippen LogP contribution in [0.15, 0.2) is 22.7 Å². The van der Waals surface area contributed by atoms with E-state index in [0.29, 0.717) is 36.5 Å². The summed E-state index contributed by atoms with van der Waals surface area (Å²) < 4.78 is 0.724. The van der Waals surface area contributed by atoms with Crippen molar-refractivity contribution in [3.05, 3.63) is 33.3 Å². The lowest BCUT2D eigenvalue weighted by atomic mass is 10.1. The topological polar surface area (TPSA) is 40.5 Å². The van der Waals surface area contributed by atoms with E-state index in [2.05, 4.69) is 15.9 Å². The number of likely N-dealkylation sites (tertiary alicyclic amines) is 1. The highest BCUT2D eigenvalue weighted by atomic mass is 79.9. The fraction of sp³-hybridized carbons (Fsp3) is 0.417. The summed E-state index contributed by atoms with van der Waals surface area (Å²) in [6.07, 6.45) is 1.04. The smallest absolute Gasteiger partial charge is 0.253 e. The number of halogens is 2. The van der Waals surface area contributed by atoms with Gasteiger partial charge in [0.15, 0.2) is 0 Å². The summed E-state index contributed by atoms with van der Waals surface area (Å²) in [5.74, 6) is -0.00531. The number of piperidine rings is 1. The van der Waals surface area contributed by atoms with Crippen molar-refractivity contribution < 1.29 is 9.90 Å². The van der Waals surface area contributed by atoms with Crippen LogP contribution >= 0.6 is 27.5 Å². The highest BCUT2D eigenvalue weighted by Gasteiger charge is 2.22. The van der Waals surface area contributed by atoms with E-state index in [4.69, 9.17) is 11.6 Å². The second kappa shape index (κ2) is 5.38. The summed E-state index contributed by atoms with van der Waals surface area (Å²) in [6, 6.07) is 5.16. The molecule has 17 heavy (non-hydrogen) atoms. The number of carbonyl (C=O) groups excluding carboxylic acids is 1. The molecule has 1 amide bonds. The number of carbonyl (C=O) groups is 1. The molecule has 0 atom stereocenters. The molecule has 3 nitrogen and oxygen atoms in total. The number of nitrogens with zero attached hydrogens (tertiary/aromatic N) is 1. The third-order valence-electron chi connectivity index (χ3n) is 2.92. The van der Waals surface area contributed by atoms with Crippen LogP contribution in [0.5, 0.6) is 0 Å². The normalized spacial score (nSPS) is 17.2. The molecule has 0 aromatic heterocycles. The summed E-state index contributed by atoms with van der Waals surface area (Å²) in [7, 11) is 0. The van der Waals surface area contributed by atoms with Crippen LogP contribution in [0, 0.1) is 0 Å². The number of amides is 1. The van der Waals surface area contributed by atoms with Crippen LogP contribution in [-0.4, -0.2) is 35.1 Å². The molecule has 0 bridgehead atoms. The summed E-state index contributed by atoms with van der Waals surface area (Å²) >= 11 is 9.19. The first-order chi connectivity index (χ1) is 8.08. The summed E-state index contributed by atoms with van der Waals surface area (Å²) in [6.45, 7) is 1.22. The Labute approximate surface area is 114 Å². The molecule has 0 unspecified atom stereocenters. The molecular weight excluding hydrogens is 305 g/mol. The van der Waals surface area contributed by atoms with Crippen molar-refractivity contribution in [2.24, 2.45) is 0 Å². The molecule has 1 aliphatic rings. The van der Waals surface area contributed by atoms with E-state index in [1.807, 2.05) is 0 Å². The zero-order valence-electron chi connectivity index (χ0n) is 9.20. The second-order valence-corrected chi connectivity index (χ2v) is 5.41. The average molecular weight is 319 g/mol. The number of aliphatic hydroxyl groups excluding tert-OH is 1. The Hall–Kier alpha value is -0.580. The number of hydrogen-bond donors (Lipinski definition) is 1. The molecule has 1 aliphatic heterocycles. The van der Waals surface area contributed by atoms with Crippen LogP contribution in [0.4, 0.5) is 0 Å². The summed E-state index contributed by atoms with van der Waals surface area (Å²) in [5.41, 5.74) is 0.623. The van der Waals surface area contributed by atoms with Gasteiger partial charge in [0, 0.05) is 23.1 Å². The SMILES string of the molecule is O=C(c1ccc(Cl)c(Br)c1)N1CCC(O)CC1. The van der Waals surface area contributed by atoms with Crippen molar-refractivity contribution in [3.63, 3.8) is 0 Å². The van der Waals surface area contributed by atoms with Gasteiger partial charge in [-0.15, -0.1) is 0 Å². The molecule has 0 spiro atoms. The average Bonchev–Trinajstić information content (AvgIpc) is 2.33. The monoisotopic (exact) mass is 317 g/mol. The van der Waals surface area contributed by atoms with Gasteiger partial charge >= 0.3 is 0 Å². The standard InChI is InChI=1S/C12H13BrClNO2/c13-10-7-8(1-2-11(10)14)12(17)15-5-3-9(16)4-6-15/h1-2,7,9,16H,3-6H2. The third-order valence-corrected chi connectivity index (χ3v) is 4.13. The minimum atomic E-state index is -0.268. The quantitative estimate of drug-likeness (QED) is 0.865. The van der Waals surface area contributed by atoms with Crippen molar-refractivity contribution in [1.82, 2.24) is 4.90 Å². The molecule has 1 saturated heterocycles. The minimum absolute atomic E-state index is 0.00531. The van der Waals surface area contributed by atoms with Crippen LogP contribution in [0.2, 0.25) is 5.02 Å². The first kappa shape index (κ1) is 12.9. The van der Waals surface area contributed by atoms with Crippen molar-refractivity contribution in [2.45, 2.75) is 18.9 Å². The molecular formula is C12H13BrClNO2. The lowest BCUT2D eigenvalue weighted by Crippen LogP contribution is -2.40. The minimum Gasteiger partial charge on any atom is -0.393 e. The van der Waals surface area contributed by atoms with Gasteiger partial charge < -0.3 is 10.0 Å². The van der Waals surface area contributed by atoms with Gasteiger partial charge in [0.05, 0.1) is 11.1 Å². The van der Waals surface area contributed by atoms with E-state index >= 15 is 0 Å². The van der Waals surface area contributed by atoms with E-state index in [0.717, 1.165) is 4.47 Å². The first-order valence-electron chi connectivity index (χ1n) is 5.50. The van der Waals surface area contributed by atoms with Gasteiger partial charge in [-0.25, -0.2) is 0 Å². The van der Waals surface area contributed by atoms with Gasteiger partial charge in [0.25, 0.3) is 5.91 Å². The molecule has 0 radical (unpaired) electrons. The van der Waals surface area contributed by atoms with Crippen molar-refractivity contribution in [1.29, 1.82) is 0 Å². The lowest BCUT2D eigenvalue weighted by molar-refractivity contribution is 0.0546. The maximum Gasteiger partial charge on any atom is 0.253 e. The first-order valence-corrected chi connectivity index (χ1v) is 6.67. The molecule has 1 fully saturated rings. The number of rotatable bonds is 1. The lowest BCUT2D eigenvalue weighted by Gasteiger charge is -2.29. The van der Waals surface area contributed by atoms with Crippen LogP contribution in [0.25, 0.3) is 0 Å². The van der Waals surface area contributed by atoms with E-state index in [-0.39, 0.29) is 12.0 Å². The highest BCUT2D eigenvalue weighted by Crippen LogP contribution is 2.24. The van der Waals surface area contributed by atoms with Crippen LogP contribution < -0.4 is 0 Å². The Bertz CT molecular complexity index is 431. The predicted octanol–water partition coefficient (Wildman–Crippen LogP) is 2.70. The van der Waals surface area contributed by atoms with Gasteiger partial charge in [-0.05, 0) is 47.0 Å². The fourth-order valence-electron chi connectivity index (χ4n) is 1.88. The summed E-state index contributed by atoms with van der Waals surface area (Å²) in [5, 5.41) is 9.99. The fourth-order valence-corrected chi connectivity index (χ4v) is 2.38. The highest BCUT2D eigenvalue weighted by molar-refractivity contribution is 9.10. The van der Waals surface area contributed by atoms with Gasteiger partial charge in [0.1, 0.15) is 0 Å². The molecule has 1 N–H and O–H groups in total. The molecule has 1 heterocycles. The Morgan fingerprint density at radius 2 is 2.06 bits per heavy atom. The predicted molar refractivity (Wildman–Crippen MR) is 70.3 cm³/mol. The Balaban J connectivity index is 2.11. The van der Waals surface area contributed by atoms with Crippen molar-refractivity contribution in [2.75, 3.05) is 13.1 Å². The molecule has 2 rings (SSSR count). The molecule has 0 saturated carbocycles. The van der Waals surface area contributed by atoms with Crippen molar-refractivity contribution in [3.8, 4) is 0 Å². The van der Waals surface area contributed by atoms with Gasteiger partial charge in [-0.2, -0.15) is 0 Å². The molecule has 0 aliphatic carbocycles. The van der Waals surface area contributed by atoms with E-state index < -0.39 is 0 Å². The maximum absolute atomic E-state index is 12.2. The number of hydrogen-bond acceptors (Lipinski definition) is 2. The number of aliphatic hydroxyl groups is 1. The van der Waals surface area contributed by atoms with Crippen molar-refractivity contribution >= 4 is 33.4 Å². The molecule has 92 valence electrons. The third kappa shape index (κ3) is 3.00. The maximum atomic E-state index is 12.2. The van der Waals surface area contributed by atoms with E-state index in [1.54, 1.807) is 23.1 Å². The second-order valence-electron chi connectivity index (χ2n) is 4.15. The van der Waals surface area contributed by atoms with E-state index in [9.17, 15) is 9.90 Å². The Morgan fingerprint density at radius 1 is 1.41 bits per heavy atom. The van der Waals surface area contributed by atoms with Gasteiger partial charge in [0.2, 0.25) is 0 Å². The van der Waals surface area contributed by atoms with Crippen LogP contribution in [0.3, 0.4) is 0 Å². The van der Waals surface area contributed by atoms with Crippen LogP contribution in [0.1, 0.15) is 23.2 Å². The van der Waals surface area contributed by atoms with Gasteiger partial charge in [-0.1, -0.05) is 11.6 Å². The zero-order valence-corrected chi connectivity index (χ0v) is 11.5. The molecule has 5 heteroatoms.